The van der Waals surface area contributed by atoms with E-state index in [9.17, 15) is 0 Å². The summed E-state index contributed by atoms with van der Waals surface area (Å²) in [6.07, 6.45) is 12.7. The fourth-order valence-electron chi connectivity index (χ4n) is 4.64. The quantitative estimate of drug-likeness (QED) is 0.519. The first kappa shape index (κ1) is 18.6. The van der Waals surface area contributed by atoms with E-state index in [0.717, 1.165) is 13.1 Å². The van der Waals surface area contributed by atoms with E-state index < -0.39 is 0 Å². The van der Waals surface area contributed by atoms with Crippen LogP contribution in [-0.4, -0.2) is 27.4 Å². The number of hydrogen-bond donors (Lipinski definition) is 0. The summed E-state index contributed by atoms with van der Waals surface area (Å²) < 4.78 is 2.51. The van der Waals surface area contributed by atoms with Gasteiger partial charge in [-0.05, 0) is 72.5 Å². The zero-order valence-corrected chi connectivity index (χ0v) is 17.5. The lowest BCUT2D eigenvalue weighted by atomic mass is 9.77. The molecule has 1 aliphatic heterocycles. The molecule has 29 heavy (non-hydrogen) atoms. The van der Waals surface area contributed by atoms with Gasteiger partial charge in [0.1, 0.15) is 0 Å². The van der Waals surface area contributed by atoms with Gasteiger partial charge in [0.2, 0.25) is 0 Å². The topological polar surface area (TPSA) is 29.0 Å². The molecule has 1 fully saturated rings. The Balaban J connectivity index is 1.50. The SMILES string of the molecule is Cc1ccc2c(c1)C=Cc1cccnc1C2C1CCCN(Sc2cccnc2)C1. The molecule has 4 heteroatoms. The van der Waals surface area contributed by atoms with Crippen molar-refractivity contribution in [2.24, 2.45) is 5.92 Å². The van der Waals surface area contributed by atoms with Crippen LogP contribution in [0.1, 0.15) is 46.7 Å². The number of nitrogens with zero attached hydrogens (tertiary/aromatic N) is 3. The first-order valence-electron chi connectivity index (χ1n) is 10.3. The van der Waals surface area contributed by atoms with Gasteiger partial charge in [0, 0.05) is 42.5 Å². The predicted molar refractivity (Wildman–Crippen MR) is 121 cm³/mol. The van der Waals surface area contributed by atoms with Crippen LogP contribution in [0.3, 0.4) is 0 Å². The highest BCUT2D eigenvalue weighted by atomic mass is 32.2. The third kappa shape index (κ3) is 3.87. The van der Waals surface area contributed by atoms with Crippen molar-refractivity contribution in [2.45, 2.75) is 30.6 Å². The molecular weight excluding hydrogens is 374 g/mol. The Morgan fingerprint density at radius 2 is 1.93 bits per heavy atom. The molecule has 5 rings (SSSR count). The Morgan fingerprint density at radius 3 is 2.83 bits per heavy atom. The second-order valence-corrected chi connectivity index (χ2v) is 9.16. The summed E-state index contributed by atoms with van der Waals surface area (Å²) in [5.74, 6) is 0.872. The van der Waals surface area contributed by atoms with Gasteiger partial charge in [0.05, 0.1) is 5.69 Å². The van der Waals surface area contributed by atoms with Gasteiger partial charge in [-0.25, -0.2) is 4.31 Å². The van der Waals surface area contributed by atoms with Crippen molar-refractivity contribution in [1.82, 2.24) is 14.3 Å². The van der Waals surface area contributed by atoms with E-state index >= 15 is 0 Å². The normalized spacial score (nSPS) is 21.3. The fraction of sp³-hybridized carbons (Fsp3) is 0.280. The summed E-state index contributed by atoms with van der Waals surface area (Å²) in [4.78, 5) is 10.4. The minimum atomic E-state index is 0.328. The van der Waals surface area contributed by atoms with Crippen molar-refractivity contribution >= 4 is 24.1 Å². The molecule has 3 heterocycles. The van der Waals surface area contributed by atoms with Gasteiger partial charge >= 0.3 is 0 Å². The molecule has 0 spiro atoms. The van der Waals surface area contributed by atoms with Crippen LogP contribution in [0.5, 0.6) is 0 Å². The van der Waals surface area contributed by atoms with Gasteiger partial charge in [-0.15, -0.1) is 0 Å². The number of rotatable bonds is 3. The second-order valence-electron chi connectivity index (χ2n) is 7.99. The van der Waals surface area contributed by atoms with Gasteiger partial charge in [-0.2, -0.15) is 0 Å². The summed E-state index contributed by atoms with van der Waals surface area (Å²) in [6.45, 7) is 4.36. The summed E-state index contributed by atoms with van der Waals surface area (Å²) in [5, 5.41) is 0. The Hall–Kier alpha value is -2.43. The molecule has 0 bridgehead atoms. The van der Waals surface area contributed by atoms with Gasteiger partial charge in [0.25, 0.3) is 0 Å². The average Bonchev–Trinajstić information content (AvgIpc) is 2.91. The fourth-order valence-corrected chi connectivity index (χ4v) is 5.67. The average molecular weight is 400 g/mol. The van der Waals surface area contributed by atoms with Crippen LogP contribution >= 0.6 is 11.9 Å². The van der Waals surface area contributed by atoms with Crippen molar-refractivity contribution < 1.29 is 0 Å². The molecule has 2 aromatic heterocycles. The maximum absolute atomic E-state index is 4.88. The third-order valence-electron chi connectivity index (χ3n) is 5.95. The zero-order valence-electron chi connectivity index (χ0n) is 16.7. The van der Waals surface area contributed by atoms with E-state index in [1.165, 1.54) is 45.7 Å². The molecule has 0 radical (unpaired) electrons. The lowest BCUT2D eigenvalue weighted by Gasteiger charge is -2.37. The second kappa shape index (κ2) is 8.13. The van der Waals surface area contributed by atoms with E-state index in [4.69, 9.17) is 4.98 Å². The number of fused-ring (bicyclic) bond motifs is 2. The van der Waals surface area contributed by atoms with Crippen LogP contribution in [-0.2, 0) is 0 Å². The summed E-state index contributed by atoms with van der Waals surface area (Å²) in [7, 11) is 0. The summed E-state index contributed by atoms with van der Waals surface area (Å²) in [5.41, 5.74) is 6.55. The van der Waals surface area contributed by atoms with E-state index in [-0.39, 0.29) is 0 Å². The zero-order chi connectivity index (χ0) is 19.6. The number of pyridine rings is 2. The molecule has 2 atom stereocenters. The van der Waals surface area contributed by atoms with Crippen molar-refractivity contribution in [3.8, 4) is 0 Å². The number of aromatic nitrogens is 2. The minimum Gasteiger partial charge on any atom is -0.264 e. The van der Waals surface area contributed by atoms with Crippen LogP contribution in [0.2, 0.25) is 0 Å². The van der Waals surface area contributed by atoms with Crippen LogP contribution < -0.4 is 0 Å². The Bertz CT molecular complexity index is 1030. The predicted octanol–water partition coefficient (Wildman–Crippen LogP) is 5.82. The van der Waals surface area contributed by atoms with Crippen molar-refractivity contribution in [3.05, 3.63) is 89.0 Å². The highest BCUT2D eigenvalue weighted by molar-refractivity contribution is 7.97. The number of benzene rings is 1. The third-order valence-corrected chi connectivity index (χ3v) is 6.99. The molecule has 0 saturated carbocycles. The van der Waals surface area contributed by atoms with Gasteiger partial charge in [-0.3, -0.25) is 9.97 Å². The molecule has 2 aliphatic rings. The smallest absolute Gasteiger partial charge is 0.0554 e. The lowest BCUT2D eigenvalue weighted by molar-refractivity contribution is 0.263. The molecule has 0 amide bonds. The van der Waals surface area contributed by atoms with E-state index in [2.05, 4.69) is 58.7 Å². The molecule has 1 aromatic carbocycles. The Kier molecular flexibility index (Phi) is 5.21. The van der Waals surface area contributed by atoms with E-state index in [1.807, 2.05) is 42.7 Å². The highest BCUT2D eigenvalue weighted by Gasteiger charge is 2.33. The van der Waals surface area contributed by atoms with Gasteiger partial charge in [-0.1, -0.05) is 42.0 Å². The number of hydrogen-bond acceptors (Lipinski definition) is 4. The van der Waals surface area contributed by atoms with Gasteiger partial charge < -0.3 is 0 Å². The highest BCUT2D eigenvalue weighted by Crippen LogP contribution is 2.43. The Labute approximate surface area is 177 Å². The van der Waals surface area contributed by atoms with Crippen LogP contribution in [0, 0.1) is 12.8 Å². The first-order valence-corrected chi connectivity index (χ1v) is 11.1. The molecule has 3 aromatic rings. The molecule has 146 valence electrons. The lowest BCUT2D eigenvalue weighted by Crippen LogP contribution is -2.34. The van der Waals surface area contributed by atoms with E-state index in [1.54, 1.807) is 0 Å². The standard InChI is InChI=1S/C25H25N3S/c1-18-8-11-23-20(15-18)10-9-19-5-2-13-27-25(19)24(23)21-6-4-14-28(17-21)29-22-7-3-12-26-16-22/h2-3,5,7-13,15-16,21,24H,4,6,14,17H2,1H3. The molecule has 0 N–H and O–H groups in total. The first-order chi connectivity index (χ1) is 14.3. The Morgan fingerprint density at radius 1 is 1.03 bits per heavy atom. The number of aryl methyl sites for hydroxylation is 1. The van der Waals surface area contributed by atoms with Gasteiger partial charge in [0.15, 0.2) is 0 Å². The van der Waals surface area contributed by atoms with Crippen LogP contribution in [0.4, 0.5) is 0 Å². The molecule has 1 aliphatic carbocycles. The molecular formula is C25H25N3S. The van der Waals surface area contributed by atoms with Crippen molar-refractivity contribution in [3.63, 3.8) is 0 Å². The molecule has 3 nitrogen and oxygen atoms in total. The molecule has 2 unspecified atom stereocenters. The van der Waals surface area contributed by atoms with E-state index in [0.29, 0.717) is 11.8 Å². The summed E-state index contributed by atoms with van der Waals surface area (Å²) >= 11 is 1.84. The largest absolute Gasteiger partial charge is 0.264 e. The molecule has 1 saturated heterocycles. The van der Waals surface area contributed by atoms with Crippen LogP contribution in [0.15, 0.2) is 66.0 Å². The van der Waals surface area contributed by atoms with Crippen LogP contribution in [0.25, 0.3) is 12.2 Å². The van der Waals surface area contributed by atoms with Crippen molar-refractivity contribution in [1.29, 1.82) is 0 Å². The summed E-state index contributed by atoms with van der Waals surface area (Å²) in [6, 6.07) is 15.3. The monoisotopic (exact) mass is 399 g/mol. The van der Waals surface area contributed by atoms with Crippen molar-refractivity contribution in [2.75, 3.05) is 13.1 Å². The minimum absolute atomic E-state index is 0.328. The maximum Gasteiger partial charge on any atom is 0.0554 e. The number of piperidine rings is 1. The maximum atomic E-state index is 4.88.